The maximum atomic E-state index is 12.0. The van der Waals surface area contributed by atoms with Crippen LogP contribution in [0, 0.1) is 0 Å². The van der Waals surface area contributed by atoms with Gasteiger partial charge in [-0.1, -0.05) is 0 Å². The van der Waals surface area contributed by atoms with Gasteiger partial charge in [-0.25, -0.2) is 4.79 Å². The molecule has 0 aromatic carbocycles. The third-order valence-electron chi connectivity index (χ3n) is 2.47. The van der Waals surface area contributed by atoms with Crippen molar-refractivity contribution in [2.75, 3.05) is 26.7 Å². The molecule has 7 nitrogen and oxygen atoms in total. The van der Waals surface area contributed by atoms with Gasteiger partial charge >= 0.3 is 11.9 Å². The van der Waals surface area contributed by atoms with Crippen LogP contribution in [-0.4, -0.2) is 61.1 Å². The Kier molecular flexibility index (Phi) is 4.88. The van der Waals surface area contributed by atoms with Crippen molar-refractivity contribution in [2.24, 2.45) is 0 Å². The molecule has 0 aromatic rings. The van der Waals surface area contributed by atoms with Gasteiger partial charge in [-0.3, -0.25) is 14.9 Å². The Labute approximate surface area is 112 Å². The highest BCUT2D eigenvalue weighted by molar-refractivity contribution is 6.03. The number of carbonyl (C=O) groups is 3. The molecule has 0 spiro atoms. The second-order valence-electron chi connectivity index (χ2n) is 5.26. The van der Waals surface area contributed by atoms with Crippen molar-refractivity contribution in [3.63, 3.8) is 0 Å². The zero-order valence-electron chi connectivity index (χ0n) is 11.7. The summed E-state index contributed by atoms with van der Waals surface area (Å²) in [6.07, 6.45) is 0. The molecule has 0 unspecified atom stereocenters. The first kappa shape index (κ1) is 15.4. The monoisotopic (exact) mass is 272 g/mol. The van der Waals surface area contributed by atoms with Gasteiger partial charge in [-0.05, 0) is 20.8 Å². The van der Waals surface area contributed by atoms with Gasteiger partial charge in [0.1, 0.15) is 12.1 Å². The van der Waals surface area contributed by atoms with Crippen molar-refractivity contribution in [3.05, 3.63) is 0 Å². The number of piperazine rings is 1. The summed E-state index contributed by atoms with van der Waals surface area (Å²) in [4.78, 5) is 36.3. The summed E-state index contributed by atoms with van der Waals surface area (Å²) in [5, 5.41) is 2.75. The first-order valence-corrected chi connectivity index (χ1v) is 6.06. The van der Waals surface area contributed by atoms with Gasteiger partial charge in [0.05, 0.1) is 7.11 Å². The number of rotatable bonds is 3. The first-order chi connectivity index (χ1) is 8.74. The fraction of sp³-hybridized carbons (Fsp3) is 0.750. The molecule has 1 heterocycles. The summed E-state index contributed by atoms with van der Waals surface area (Å²) in [6, 6.07) is -1.04. The lowest BCUT2D eigenvalue weighted by Gasteiger charge is -2.31. The number of methoxy groups -OCH3 is 1. The van der Waals surface area contributed by atoms with Crippen LogP contribution in [0.3, 0.4) is 0 Å². The Hall–Kier alpha value is -1.63. The normalized spacial score (nSPS) is 20.1. The van der Waals surface area contributed by atoms with Crippen LogP contribution in [0.2, 0.25) is 0 Å². The maximum absolute atomic E-state index is 12.0. The van der Waals surface area contributed by atoms with Crippen molar-refractivity contribution in [3.8, 4) is 0 Å². The molecule has 1 N–H and O–H groups in total. The summed E-state index contributed by atoms with van der Waals surface area (Å²) in [5.74, 6) is -1.62. The lowest BCUT2D eigenvalue weighted by atomic mass is 10.2. The molecule has 1 aliphatic heterocycles. The van der Waals surface area contributed by atoms with E-state index >= 15 is 0 Å². The largest absolute Gasteiger partial charge is 0.467 e. The van der Waals surface area contributed by atoms with E-state index in [1.165, 1.54) is 12.0 Å². The average molecular weight is 272 g/mol. The quantitative estimate of drug-likeness (QED) is 0.540. The number of hydrogen-bond donors (Lipinski definition) is 1. The number of esters is 2. The molecule has 1 aliphatic rings. The number of amides is 1. The lowest BCUT2D eigenvalue weighted by molar-refractivity contribution is -0.162. The Morgan fingerprint density at radius 2 is 2.05 bits per heavy atom. The van der Waals surface area contributed by atoms with Crippen LogP contribution in [-0.2, 0) is 23.9 Å². The van der Waals surface area contributed by atoms with Crippen molar-refractivity contribution < 1.29 is 23.9 Å². The molecule has 19 heavy (non-hydrogen) atoms. The predicted molar refractivity (Wildman–Crippen MR) is 66.2 cm³/mol. The van der Waals surface area contributed by atoms with Gasteiger partial charge in [0, 0.05) is 13.1 Å². The molecule has 0 saturated carbocycles. The number of hydrogen-bond acceptors (Lipinski definition) is 6. The van der Waals surface area contributed by atoms with E-state index in [-0.39, 0.29) is 6.54 Å². The highest BCUT2D eigenvalue weighted by Crippen LogP contribution is 2.09. The molecule has 0 aliphatic carbocycles. The zero-order valence-corrected chi connectivity index (χ0v) is 11.7. The Morgan fingerprint density at radius 1 is 1.42 bits per heavy atom. The minimum atomic E-state index is -1.04. The Bertz CT molecular complexity index is 375. The van der Waals surface area contributed by atoms with Gasteiger partial charge in [0.2, 0.25) is 0 Å². The summed E-state index contributed by atoms with van der Waals surface area (Å²) in [5.41, 5.74) is -0.601. The minimum absolute atomic E-state index is 0.161. The third kappa shape index (κ3) is 4.51. The number of carbonyl (C=O) groups excluding carboxylic acids is 3. The van der Waals surface area contributed by atoms with E-state index < -0.39 is 29.5 Å². The molecule has 1 rings (SSSR count). The lowest BCUT2D eigenvalue weighted by Crippen LogP contribution is -2.59. The fourth-order valence-electron chi connectivity index (χ4n) is 1.71. The van der Waals surface area contributed by atoms with Crippen LogP contribution in [0.4, 0.5) is 0 Å². The van der Waals surface area contributed by atoms with Crippen LogP contribution in [0.5, 0.6) is 0 Å². The fourth-order valence-corrected chi connectivity index (χ4v) is 1.71. The zero-order chi connectivity index (χ0) is 14.6. The van der Waals surface area contributed by atoms with E-state index in [9.17, 15) is 14.4 Å². The molecule has 1 amide bonds. The first-order valence-electron chi connectivity index (χ1n) is 6.06. The highest BCUT2D eigenvalue weighted by Gasteiger charge is 2.36. The van der Waals surface area contributed by atoms with E-state index in [1.54, 1.807) is 20.8 Å². The molecule has 0 bridgehead atoms. The van der Waals surface area contributed by atoms with Crippen LogP contribution >= 0.6 is 0 Å². The van der Waals surface area contributed by atoms with Crippen molar-refractivity contribution in [2.45, 2.75) is 32.4 Å². The molecule has 7 heteroatoms. The molecule has 108 valence electrons. The maximum Gasteiger partial charge on any atom is 0.332 e. The second kappa shape index (κ2) is 6.01. The van der Waals surface area contributed by atoms with E-state index in [0.29, 0.717) is 13.1 Å². The second-order valence-corrected chi connectivity index (χ2v) is 5.26. The van der Waals surface area contributed by atoms with Crippen molar-refractivity contribution in [1.82, 2.24) is 10.2 Å². The summed E-state index contributed by atoms with van der Waals surface area (Å²) in [7, 11) is 1.21. The topological polar surface area (TPSA) is 84.9 Å². The average Bonchev–Trinajstić information content (AvgIpc) is 2.28. The van der Waals surface area contributed by atoms with E-state index in [2.05, 4.69) is 10.1 Å². The molecule has 0 radical (unpaired) electrons. The van der Waals surface area contributed by atoms with Gasteiger partial charge in [0.15, 0.2) is 6.04 Å². The van der Waals surface area contributed by atoms with Crippen molar-refractivity contribution >= 4 is 17.8 Å². The minimum Gasteiger partial charge on any atom is -0.467 e. The van der Waals surface area contributed by atoms with E-state index in [0.717, 1.165) is 0 Å². The summed E-state index contributed by atoms with van der Waals surface area (Å²) in [6.45, 7) is 5.87. The molecular formula is C12H20N2O5. The summed E-state index contributed by atoms with van der Waals surface area (Å²) < 4.78 is 9.67. The van der Waals surface area contributed by atoms with E-state index in [4.69, 9.17) is 4.74 Å². The molecule has 1 saturated heterocycles. The van der Waals surface area contributed by atoms with Crippen molar-refractivity contribution in [1.29, 1.82) is 0 Å². The van der Waals surface area contributed by atoms with E-state index in [1.807, 2.05) is 0 Å². The number of ether oxygens (including phenoxy) is 2. The molecule has 1 atom stereocenters. The van der Waals surface area contributed by atoms with Gasteiger partial charge < -0.3 is 14.4 Å². The Balaban J connectivity index is 2.61. The third-order valence-corrected chi connectivity index (χ3v) is 2.47. The molecule has 0 aromatic heterocycles. The summed E-state index contributed by atoms with van der Waals surface area (Å²) >= 11 is 0. The van der Waals surface area contributed by atoms with Gasteiger partial charge in [-0.15, -0.1) is 0 Å². The van der Waals surface area contributed by atoms with Crippen LogP contribution in [0.15, 0.2) is 0 Å². The molecular weight excluding hydrogens is 252 g/mol. The number of nitrogens with zero attached hydrogens (tertiary/aromatic N) is 1. The van der Waals surface area contributed by atoms with Gasteiger partial charge in [0.25, 0.3) is 5.91 Å². The number of nitrogens with one attached hydrogen (secondary N) is 1. The van der Waals surface area contributed by atoms with Crippen LogP contribution in [0.1, 0.15) is 20.8 Å². The standard InChI is InChI=1S/C12H20N2O5/c1-12(2,3)19-8(15)7-14-6-5-13-9(10(14)16)11(17)18-4/h9,13H,5-7H2,1-4H3/t9-/m0/s1. The van der Waals surface area contributed by atoms with Gasteiger partial charge in [-0.2, -0.15) is 0 Å². The Morgan fingerprint density at radius 3 is 2.58 bits per heavy atom. The van der Waals surface area contributed by atoms with Crippen LogP contribution < -0.4 is 5.32 Å². The predicted octanol–water partition coefficient (Wildman–Crippen LogP) is -0.698. The SMILES string of the molecule is COC(=O)[C@H]1NCCN(CC(=O)OC(C)(C)C)C1=O. The smallest absolute Gasteiger partial charge is 0.332 e. The highest BCUT2D eigenvalue weighted by atomic mass is 16.6. The van der Waals surface area contributed by atoms with Crippen LogP contribution in [0.25, 0.3) is 0 Å². The molecule has 1 fully saturated rings.